The molecule has 8 unspecified atom stereocenters. The number of nitrogens with zero attached hydrogens (tertiary/aromatic N) is 1. The van der Waals surface area contributed by atoms with Gasteiger partial charge in [0.1, 0.15) is 6.17 Å². The molecule has 9 atom stereocenters. The minimum absolute atomic E-state index is 0.243. The van der Waals surface area contributed by atoms with Crippen molar-refractivity contribution in [1.29, 1.82) is 0 Å². The first kappa shape index (κ1) is 19.4. The van der Waals surface area contributed by atoms with Crippen LogP contribution < -0.4 is 10.6 Å². The van der Waals surface area contributed by atoms with E-state index in [4.69, 9.17) is 11.6 Å². The second-order valence-corrected chi connectivity index (χ2v) is 9.72. The number of alkyl halides is 2. The second kappa shape index (κ2) is 8.20. The predicted octanol–water partition coefficient (Wildman–Crippen LogP) is 2.49. The van der Waals surface area contributed by atoms with Gasteiger partial charge in [-0.2, -0.15) is 0 Å². The molecule has 6 heteroatoms. The van der Waals surface area contributed by atoms with Gasteiger partial charge in [-0.1, -0.05) is 0 Å². The third-order valence-electron chi connectivity index (χ3n) is 7.60. The molecule has 4 fully saturated rings. The zero-order chi connectivity index (χ0) is 18.3. The van der Waals surface area contributed by atoms with E-state index in [2.05, 4.69) is 15.5 Å². The minimum atomic E-state index is -0.826. The molecule has 0 aromatic rings. The lowest BCUT2D eigenvalue weighted by molar-refractivity contribution is 0.00604. The van der Waals surface area contributed by atoms with Crippen LogP contribution in [0.25, 0.3) is 0 Å². The van der Waals surface area contributed by atoms with Crippen molar-refractivity contribution < 1.29 is 9.50 Å². The predicted molar refractivity (Wildman–Crippen MR) is 103 cm³/mol. The van der Waals surface area contributed by atoms with Crippen molar-refractivity contribution in [1.82, 2.24) is 15.5 Å². The zero-order valence-electron chi connectivity index (χ0n) is 15.9. The van der Waals surface area contributed by atoms with Gasteiger partial charge in [-0.15, -0.1) is 11.6 Å². The number of halogens is 2. The average Bonchev–Trinajstić information content (AvgIpc) is 3.07. The Balaban J connectivity index is 1.44. The molecule has 1 aliphatic carbocycles. The molecule has 3 N–H and O–H groups in total. The summed E-state index contributed by atoms with van der Waals surface area (Å²) in [6, 6.07) is 0.728. The number of hydrogen-bond donors (Lipinski definition) is 3. The first-order valence-corrected chi connectivity index (χ1v) is 11.2. The summed E-state index contributed by atoms with van der Waals surface area (Å²) in [4.78, 5) is 2.52. The highest BCUT2D eigenvalue weighted by molar-refractivity contribution is 6.21. The van der Waals surface area contributed by atoms with E-state index in [1.165, 1.54) is 25.7 Å². The summed E-state index contributed by atoms with van der Waals surface area (Å²) in [6.45, 7) is 4.98. The van der Waals surface area contributed by atoms with Gasteiger partial charge in [-0.3, -0.25) is 4.90 Å². The van der Waals surface area contributed by atoms with E-state index in [0.29, 0.717) is 36.4 Å². The molecule has 0 spiro atoms. The molecular weight excluding hydrogens is 353 g/mol. The molecular formula is C20H35ClFN3O. The molecule has 0 aromatic carbocycles. The highest BCUT2D eigenvalue weighted by Gasteiger charge is 2.45. The highest BCUT2D eigenvalue weighted by Crippen LogP contribution is 2.41. The molecule has 0 amide bonds. The first-order chi connectivity index (χ1) is 12.5. The maximum atomic E-state index is 13.8. The topological polar surface area (TPSA) is 47.5 Å². The Morgan fingerprint density at radius 3 is 2.69 bits per heavy atom. The molecule has 4 nitrogen and oxygen atoms in total. The van der Waals surface area contributed by atoms with Crippen molar-refractivity contribution >= 4 is 11.6 Å². The first-order valence-electron chi connectivity index (χ1n) is 10.7. The Hall–Kier alpha value is 0.0600. The van der Waals surface area contributed by atoms with Crippen LogP contribution in [0.2, 0.25) is 0 Å². The Morgan fingerprint density at radius 2 is 1.92 bits per heavy atom. The van der Waals surface area contributed by atoms with Crippen LogP contribution in [-0.4, -0.2) is 65.5 Å². The number of nitrogens with one attached hydrogen (secondary N) is 2. The quantitative estimate of drug-likeness (QED) is 0.651. The van der Waals surface area contributed by atoms with Gasteiger partial charge in [-0.25, -0.2) is 4.39 Å². The lowest BCUT2D eigenvalue weighted by Gasteiger charge is -2.48. The monoisotopic (exact) mass is 387 g/mol. The van der Waals surface area contributed by atoms with Crippen LogP contribution in [0.15, 0.2) is 0 Å². The molecule has 0 bridgehead atoms. The van der Waals surface area contributed by atoms with Crippen LogP contribution >= 0.6 is 11.6 Å². The zero-order valence-corrected chi connectivity index (χ0v) is 16.7. The fourth-order valence-electron chi connectivity index (χ4n) is 6.20. The Morgan fingerprint density at radius 1 is 1.12 bits per heavy atom. The Labute approximate surface area is 162 Å². The van der Waals surface area contributed by atoms with Gasteiger partial charge in [0.2, 0.25) is 0 Å². The molecule has 3 aliphatic heterocycles. The van der Waals surface area contributed by atoms with E-state index < -0.39 is 6.17 Å². The van der Waals surface area contributed by atoms with E-state index in [1.54, 1.807) is 0 Å². The van der Waals surface area contributed by atoms with Crippen molar-refractivity contribution in [2.45, 2.75) is 87.8 Å². The number of fused-ring (bicyclic) bond motifs is 1. The smallest absolute Gasteiger partial charge is 0.116 e. The summed E-state index contributed by atoms with van der Waals surface area (Å²) in [5.74, 6) is 1.84. The molecule has 4 rings (SSSR count). The average molecular weight is 388 g/mol. The SMILES string of the molecule is CC(O)[C@H]1CNC2CCC(C3CCCNC3C3CCC(F)C(Cl)C3)CN21. The van der Waals surface area contributed by atoms with Crippen LogP contribution in [0.4, 0.5) is 4.39 Å². The highest BCUT2D eigenvalue weighted by atomic mass is 35.5. The van der Waals surface area contributed by atoms with Crippen molar-refractivity contribution in [3.8, 4) is 0 Å². The molecule has 3 saturated heterocycles. The van der Waals surface area contributed by atoms with Gasteiger partial charge in [0.15, 0.2) is 0 Å². The van der Waals surface area contributed by atoms with E-state index in [0.717, 1.165) is 32.5 Å². The maximum absolute atomic E-state index is 13.8. The van der Waals surface area contributed by atoms with Crippen molar-refractivity contribution in [2.75, 3.05) is 19.6 Å². The van der Waals surface area contributed by atoms with Crippen molar-refractivity contribution in [2.24, 2.45) is 17.8 Å². The second-order valence-electron chi connectivity index (χ2n) is 9.16. The number of hydrogen-bond acceptors (Lipinski definition) is 4. The van der Waals surface area contributed by atoms with Gasteiger partial charge >= 0.3 is 0 Å². The van der Waals surface area contributed by atoms with Crippen molar-refractivity contribution in [3.63, 3.8) is 0 Å². The Kier molecular flexibility index (Phi) is 6.11. The van der Waals surface area contributed by atoms with Crippen LogP contribution in [0.1, 0.15) is 51.9 Å². The Bertz CT molecular complexity index is 482. The van der Waals surface area contributed by atoms with E-state index in [9.17, 15) is 9.50 Å². The molecule has 0 radical (unpaired) electrons. The summed E-state index contributed by atoms with van der Waals surface area (Å²) < 4.78 is 13.8. The summed E-state index contributed by atoms with van der Waals surface area (Å²) in [5.41, 5.74) is 0. The molecule has 0 aromatic heterocycles. The summed E-state index contributed by atoms with van der Waals surface area (Å²) in [6.07, 6.45) is 6.67. The minimum Gasteiger partial charge on any atom is -0.392 e. The van der Waals surface area contributed by atoms with E-state index in [1.807, 2.05) is 6.92 Å². The van der Waals surface area contributed by atoms with Gasteiger partial charge in [0.05, 0.1) is 17.6 Å². The maximum Gasteiger partial charge on any atom is 0.116 e. The van der Waals surface area contributed by atoms with Crippen LogP contribution in [0, 0.1) is 17.8 Å². The summed E-state index contributed by atoms with van der Waals surface area (Å²) >= 11 is 6.29. The normalized spacial score (nSPS) is 48.9. The third kappa shape index (κ3) is 3.80. The van der Waals surface area contributed by atoms with E-state index in [-0.39, 0.29) is 17.5 Å². The standard InChI is InChI=1S/C20H35ClFN3O/c1-12(26)18-10-24-19-7-5-14(11-25(18)19)15-3-2-8-23-20(15)13-4-6-17(22)16(21)9-13/h12-20,23-24,26H,2-11H2,1H3/t12?,13?,14?,15?,16?,17?,18-,19?,20?/m1/s1. The van der Waals surface area contributed by atoms with Gasteiger partial charge in [0, 0.05) is 25.2 Å². The summed E-state index contributed by atoms with van der Waals surface area (Å²) in [7, 11) is 0. The number of piperidine rings is 2. The number of rotatable bonds is 3. The molecule has 3 heterocycles. The molecule has 150 valence electrons. The van der Waals surface area contributed by atoms with Crippen LogP contribution in [0.5, 0.6) is 0 Å². The molecule has 1 saturated carbocycles. The fourth-order valence-corrected chi connectivity index (χ4v) is 6.56. The van der Waals surface area contributed by atoms with Gasteiger partial charge in [-0.05, 0) is 76.2 Å². The lowest BCUT2D eigenvalue weighted by atomic mass is 9.69. The molecule has 26 heavy (non-hydrogen) atoms. The fraction of sp³-hybridized carbons (Fsp3) is 1.00. The number of aliphatic hydroxyl groups is 1. The lowest BCUT2D eigenvalue weighted by Crippen LogP contribution is -2.56. The van der Waals surface area contributed by atoms with Crippen LogP contribution in [-0.2, 0) is 0 Å². The number of aliphatic hydroxyl groups excluding tert-OH is 1. The summed E-state index contributed by atoms with van der Waals surface area (Å²) in [5, 5.41) is 17.2. The molecule has 4 aliphatic rings. The van der Waals surface area contributed by atoms with Gasteiger partial charge < -0.3 is 15.7 Å². The van der Waals surface area contributed by atoms with Gasteiger partial charge in [0.25, 0.3) is 0 Å². The third-order valence-corrected chi connectivity index (χ3v) is 8.06. The van der Waals surface area contributed by atoms with E-state index >= 15 is 0 Å². The largest absolute Gasteiger partial charge is 0.392 e. The van der Waals surface area contributed by atoms with Crippen molar-refractivity contribution in [3.05, 3.63) is 0 Å². The van der Waals surface area contributed by atoms with Crippen LogP contribution in [0.3, 0.4) is 0 Å².